The summed E-state index contributed by atoms with van der Waals surface area (Å²) in [6, 6.07) is 12.8. The van der Waals surface area contributed by atoms with Crippen LogP contribution in [-0.2, 0) is 14.8 Å². The monoisotopic (exact) mass is 378 g/mol. The Kier molecular flexibility index (Phi) is 5.24. The molecule has 6 nitrogen and oxygen atoms in total. The zero-order valence-electron chi connectivity index (χ0n) is 14.1. The maximum Gasteiger partial charge on any atom is 0.244 e. The number of sulfonamides is 1. The molecule has 1 aliphatic rings. The Morgan fingerprint density at radius 1 is 1.19 bits per heavy atom. The Labute approximate surface area is 151 Å². The van der Waals surface area contributed by atoms with E-state index in [1.165, 1.54) is 25.2 Å². The minimum Gasteiger partial charge on any atom is -0.489 e. The molecule has 2 atom stereocenters. The average Bonchev–Trinajstić information content (AvgIpc) is 3.06. The van der Waals surface area contributed by atoms with Crippen LogP contribution in [0.15, 0.2) is 59.5 Å². The number of amides is 1. The van der Waals surface area contributed by atoms with Crippen molar-refractivity contribution in [1.82, 2.24) is 9.62 Å². The maximum absolute atomic E-state index is 13.5. The lowest BCUT2D eigenvalue weighted by Gasteiger charge is -2.22. The number of rotatable bonds is 5. The fraction of sp³-hybridized carbons (Fsp3) is 0.278. The molecule has 8 heteroatoms. The van der Waals surface area contributed by atoms with Crippen LogP contribution in [0.4, 0.5) is 4.39 Å². The van der Waals surface area contributed by atoms with Crippen LogP contribution in [0.5, 0.6) is 5.75 Å². The number of carbonyl (C=O) groups is 1. The highest BCUT2D eigenvalue weighted by Crippen LogP contribution is 2.29. The van der Waals surface area contributed by atoms with E-state index in [1.54, 1.807) is 12.1 Å². The van der Waals surface area contributed by atoms with Crippen LogP contribution in [0.25, 0.3) is 0 Å². The van der Waals surface area contributed by atoms with Crippen molar-refractivity contribution in [1.29, 1.82) is 0 Å². The first-order chi connectivity index (χ1) is 12.4. The van der Waals surface area contributed by atoms with E-state index in [4.69, 9.17) is 4.74 Å². The van der Waals surface area contributed by atoms with E-state index in [0.717, 1.165) is 10.4 Å². The van der Waals surface area contributed by atoms with Gasteiger partial charge in [-0.15, -0.1) is 0 Å². The van der Waals surface area contributed by atoms with Crippen LogP contribution < -0.4 is 10.1 Å². The number of hydrogen-bond donors (Lipinski definition) is 1. The number of hydrogen-bond acceptors (Lipinski definition) is 4. The quantitative estimate of drug-likeness (QED) is 0.861. The molecule has 0 aromatic heterocycles. The fourth-order valence-corrected chi connectivity index (χ4v) is 4.64. The highest BCUT2D eigenvalue weighted by molar-refractivity contribution is 7.89. The molecule has 0 bridgehead atoms. The summed E-state index contributed by atoms with van der Waals surface area (Å²) in [6.07, 6.45) is -0.272. The summed E-state index contributed by atoms with van der Waals surface area (Å²) >= 11 is 0. The summed E-state index contributed by atoms with van der Waals surface area (Å²) in [5.74, 6) is -0.485. The lowest BCUT2D eigenvalue weighted by atomic mass is 10.2. The Morgan fingerprint density at radius 2 is 1.92 bits per heavy atom. The van der Waals surface area contributed by atoms with Crippen LogP contribution in [0.2, 0.25) is 0 Å². The molecule has 2 unspecified atom stereocenters. The largest absolute Gasteiger partial charge is 0.489 e. The first kappa shape index (κ1) is 18.3. The van der Waals surface area contributed by atoms with Gasteiger partial charge in [0.05, 0.1) is 11.4 Å². The highest BCUT2D eigenvalue weighted by Gasteiger charge is 2.44. The Hall–Kier alpha value is -2.45. The number of ether oxygens (including phenoxy) is 1. The van der Waals surface area contributed by atoms with E-state index in [0.29, 0.717) is 5.75 Å². The maximum atomic E-state index is 13.5. The number of halogens is 1. The summed E-state index contributed by atoms with van der Waals surface area (Å²) < 4.78 is 46.3. The van der Waals surface area contributed by atoms with Crippen LogP contribution >= 0.6 is 0 Å². The molecule has 0 spiro atoms. The zero-order chi connectivity index (χ0) is 18.7. The van der Waals surface area contributed by atoms with Crippen molar-refractivity contribution in [2.45, 2.75) is 23.5 Å². The van der Waals surface area contributed by atoms with Gasteiger partial charge in [-0.25, -0.2) is 12.8 Å². The van der Waals surface area contributed by atoms with Crippen molar-refractivity contribution in [3.05, 3.63) is 60.4 Å². The Balaban J connectivity index is 1.89. The van der Waals surface area contributed by atoms with Gasteiger partial charge >= 0.3 is 0 Å². The van der Waals surface area contributed by atoms with Gasteiger partial charge in [-0.3, -0.25) is 4.79 Å². The molecular formula is C18H19FN2O4S. The smallest absolute Gasteiger partial charge is 0.244 e. The van der Waals surface area contributed by atoms with Gasteiger partial charge in [0.1, 0.15) is 23.7 Å². The molecule has 1 amide bonds. The van der Waals surface area contributed by atoms with Gasteiger partial charge in [0.2, 0.25) is 15.9 Å². The normalized spacial score (nSPS) is 20.7. The third-order valence-corrected chi connectivity index (χ3v) is 6.09. The summed E-state index contributed by atoms with van der Waals surface area (Å²) in [5.41, 5.74) is 0. The standard InChI is InChI=1S/C18H19FN2O4S/c1-20-18(22)17-11-15(25-14-7-3-2-4-8-14)12-21(17)26(23,24)16-9-5-6-13(19)10-16/h2-10,15,17H,11-12H2,1H3,(H,20,22). The van der Waals surface area contributed by atoms with Crippen LogP contribution in [-0.4, -0.2) is 44.4 Å². The van der Waals surface area contributed by atoms with Crippen LogP contribution in [0, 0.1) is 5.82 Å². The molecule has 138 valence electrons. The summed E-state index contributed by atoms with van der Waals surface area (Å²) in [7, 11) is -2.59. The number of carbonyl (C=O) groups excluding carboxylic acids is 1. The van der Waals surface area contributed by atoms with E-state index in [-0.39, 0.29) is 17.9 Å². The highest BCUT2D eigenvalue weighted by atomic mass is 32.2. The molecular weight excluding hydrogens is 359 g/mol. The zero-order valence-corrected chi connectivity index (χ0v) is 14.9. The van der Waals surface area contributed by atoms with E-state index < -0.39 is 33.9 Å². The molecule has 1 fully saturated rings. The number of nitrogens with zero attached hydrogens (tertiary/aromatic N) is 1. The third-order valence-electron chi connectivity index (χ3n) is 4.22. The van der Waals surface area contributed by atoms with Gasteiger partial charge in [0.25, 0.3) is 0 Å². The van der Waals surface area contributed by atoms with Crippen LogP contribution in [0.3, 0.4) is 0 Å². The molecule has 2 aromatic carbocycles. The molecule has 0 radical (unpaired) electrons. The third kappa shape index (κ3) is 3.71. The van der Waals surface area contributed by atoms with Gasteiger partial charge in [-0.1, -0.05) is 24.3 Å². The first-order valence-electron chi connectivity index (χ1n) is 8.12. The predicted molar refractivity (Wildman–Crippen MR) is 93.6 cm³/mol. The number of likely N-dealkylation sites (N-methyl/N-ethyl adjacent to an activating group) is 1. The van der Waals surface area contributed by atoms with Crippen molar-refractivity contribution < 1.29 is 22.3 Å². The minimum absolute atomic E-state index is 0.00578. The Bertz CT molecular complexity index is 889. The molecule has 0 saturated carbocycles. The first-order valence-corrected chi connectivity index (χ1v) is 9.56. The molecule has 3 rings (SSSR count). The van der Waals surface area contributed by atoms with E-state index in [1.807, 2.05) is 18.2 Å². The lowest BCUT2D eigenvalue weighted by Crippen LogP contribution is -2.44. The number of nitrogens with one attached hydrogen (secondary N) is 1. The fourth-order valence-electron chi connectivity index (χ4n) is 2.98. The molecule has 1 heterocycles. The SMILES string of the molecule is CNC(=O)C1CC(Oc2ccccc2)CN1S(=O)(=O)c1cccc(F)c1. The van der Waals surface area contributed by atoms with Crippen LogP contribution in [0.1, 0.15) is 6.42 Å². The van der Waals surface area contributed by atoms with Crippen molar-refractivity contribution in [3.8, 4) is 5.75 Å². The number of para-hydroxylation sites is 1. The second-order valence-electron chi connectivity index (χ2n) is 5.95. The molecule has 1 saturated heterocycles. The second kappa shape index (κ2) is 7.43. The van der Waals surface area contributed by atoms with Crippen molar-refractivity contribution in [2.24, 2.45) is 0 Å². The minimum atomic E-state index is -4.04. The van der Waals surface area contributed by atoms with Gasteiger partial charge in [0.15, 0.2) is 0 Å². The second-order valence-corrected chi connectivity index (χ2v) is 7.84. The van der Waals surface area contributed by atoms with E-state index >= 15 is 0 Å². The van der Waals surface area contributed by atoms with Crippen molar-refractivity contribution in [3.63, 3.8) is 0 Å². The molecule has 1 N–H and O–H groups in total. The predicted octanol–water partition coefficient (Wildman–Crippen LogP) is 1.78. The summed E-state index contributed by atoms with van der Waals surface area (Å²) in [6.45, 7) is 0.00578. The lowest BCUT2D eigenvalue weighted by molar-refractivity contribution is -0.123. The van der Waals surface area contributed by atoms with E-state index in [9.17, 15) is 17.6 Å². The van der Waals surface area contributed by atoms with Crippen molar-refractivity contribution in [2.75, 3.05) is 13.6 Å². The molecule has 2 aromatic rings. The molecule has 0 aliphatic carbocycles. The van der Waals surface area contributed by atoms with Crippen molar-refractivity contribution >= 4 is 15.9 Å². The van der Waals surface area contributed by atoms with Gasteiger partial charge < -0.3 is 10.1 Å². The van der Waals surface area contributed by atoms with Gasteiger partial charge in [-0.05, 0) is 30.3 Å². The summed E-state index contributed by atoms with van der Waals surface area (Å²) in [4.78, 5) is 12.0. The Morgan fingerprint density at radius 3 is 2.58 bits per heavy atom. The number of benzene rings is 2. The van der Waals surface area contributed by atoms with E-state index in [2.05, 4.69) is 5.32 Å². The molecule has 26 heavy (non-hydrogen) atoms. The topological polar surface area (TPSA) is 75.7 Å². The molecule has 1 aliphatic heterocycles. The average molecular weight is 378 g/mol. The van der Waals surface area contributed by atoms with Gasteiger partial charge in [-0.2, -0.15) is 4.31 Å². The van der Waals surface area contributed by atoms with Gasteiger partial charge in [0, 0.05) is 13.5 Å². The summed E-state index contributed by atoms with van der Waals surface area (Å²) in [5, 5.41) is 2.48.